The van der Waals surface area contributed by atoms with Gasteiger partial charge in [0.25, 0.3) is 0 Å². The molecule has 2 saturated heterocycles. The summed E-state index contributed by atoms with van der Waals surface area (Å²) in [6.07, 6.45) is 3.11. The zero-order valence-electron chi connectivity index (χ0n) is 19.4. The molecule has 180 valence electrons. The average Bonchev–Trinajstić information content (AvgIpc) is 3.63. The Morgan fingerprint density at radius 2 is 1.57 bits per heavy atom. The van der Waals surface area contributed by atoms with Crippen molar-refractivity contribution < 1.29 is 28.7 Å². The van der Waals surface area contributed by atoms with Crippen LogP contribution in [0.2, 0.25) is 0 Å². The van der Waals surface area contributed by atoms with E-state index < -0.39 is 11.9 Å². The summed E-state index contributed by atoms with van der Waals surface area (Å²) in [6, 6.07) is 13.6. The van der Waals surface area contributed by atoms with Crippen LogP contribution in [0.25, 0.3) is 0 Å². The van der Waals surface area contributed by atoms with Gasteiger partial charge in [-0.2, -0.15) is 0 Å². The van der Waals surface area contributed by atoms with E-state index in [0.29, 0.717) is 34.7 Å². The van der Waals surface area contributed by atoms with Crippen LogP contribution in [-0.4, -0.2) is 37.3 Å². The molecule has 3 amide bonds. The van der Waals surface area contributed by atoms with Gasteiger partial charge in [0.05, 0.1) is 36.2 Å². The Morgan fingerprint density at radius 3 is 2.23 bits per heavy atom. The van der Waals surface area contributed by atoms with Gasteiger partial charge in [-0.05, 0) is 67.5 Å². The molecular weight excluding hydrogens is 448 g/mol. The average molecular weight is 475 g/mol. The fraction of sp³-hybridized carbons (Fsp3) is 0.407. The maximum absolute atomic E-state index is 13.0. The molecule has 2 aliphatic heterocycles. The summed E-state index contributed by atoms with van der Waals surface area (Å²) in [5, 5.41) is 0. The summed E-state index contributed by atoms with van der Waals surface area (Å²) >= 11 is 0. The highest BCUT2D eigenvalue weighted by Gasteiger charge is 2.61. The number of hydrogen-bond donors (Lipinski definition) is 0. The molecule has 2 bridgehead atoms. The lowest BCUT2D eigenvalue weighted by atomic mass is 9.81. The van der Waals surface area contributed by atoms with Crippen LogP contribution in [0.3, 0.4) is 0 Å². The van der Waals surface area contributed by atoms with E-state index in [1.54, 1.807) is 41.3 Å². The Labute approximate surface area is 202 Å². The van der Waals surface area contributed by atoms with E-state index in [4.69, 9.17) is 9.47 Å². The predicted octanol–water partition coefficient (Wildman–Crippen LogP) is 3.19. The van der Waals surface area contributed by atoms with E-state index in [1.807, 2.05) is 12.1 Å². The minimum Gasteiger partial charge on any atom is -0.495 e. The van der Waals surface area contributed by atoms with Crippen LogP contribution >= 0.6 is 0 Å². The number of carbonyl (C=O) groups excluding carboxylic acids is 4. The van der Waals surface area contributed by atoms with Crippen LogP contribution in [0.15, 0.2) is 48.5 Å². The van der Waals surface area contributed by atoms with Gasteiger partial charge in [-0.3, -0.25) is 24.1 Å². The summed E-state index contributed by atoms with van der Waals surface area (Å²) in [4.78, 5) is 54.3. The first kappa shape index (κ1) is 21.8. The number of hydrogen-bond acceptors (Lipinski definition) is 6. The quantitative estimate of drug-likeness (QED) is 0.375. The second-order valence-electron chi connectivity index (χ2n) is 9.89. The molecule has 0 radical (unpaired) electrons. The molecule has 4 fully saturated rings. The predicted molar refractivity (Wildman–Crippen MR) is 126 cm³/mol. The fourth-order valence-electron chi connectivity index (χ4n) is 6.48. The summed E-state index contributed by atoms with van der Waals surface area (Å²) in [5.74, 6) is -0.295. The number of rotatable bonds is 5. The van der Waals surface area contributed by atoms with Crippen LogP contribution in [0.1, 0.15) is 25.7 Å². The van der Waals surface area contributed by atoms with E-state index in [9.17, 15) is 19.2 Å². The van der Waals surface area contributed by atoms with Gasteiger partial charge in [0.1, 0.15) is 11.5 Å². The van der Waals surface area contributed by atoms with Crippen LogP contribution < -0.4 is 19.3 Å². The van der Waals surface area contributed by atoms with Gasteiger partial charge >= 0.3 is 5.97 Å². The Hall–Kier alpha value is -3.68. The minimum atomic E-state index is -0.608. The van der Waals surface area contributed by atoms with Crippen LogP contribution in [0.5, 0.6) is 11.5 Å². The highest BCUT2D eigenvalue weighted by Crippen LogP contribution is 2.56. The molecule has 2 aromatic rings. The smallest absolute Gasteiger partial charge is 0.316 e. The van der Waals surface area contributed by atoms with Crippen molar-refractivity contribution in [3.8, 4) is 11.5 Å². The second-order valence-corrected chi connectivity index (χ2v) is 9.89. The number of amides is 3. The van der Waals surface area contributed by atoms with Crippen LogP contribution in [0.4, 0.5) is 11.4 Å². The SMILES string of the molecule is COc1ccccc1N1C[C@H](C(=O)Oc2ccc(N3C(=O)[C@@H]4[C@H]5CC[C@@H](C5)[C@@H]4C3=O)cc2)CC1=O. The summed E-state index contributed by atoms with van der Waals surface area (Å²) < 4.78 is 10.9. The Kier molecular flexibility index (Phi) is 5.12. The third kappa shape index (κ3) is 3.42. The highest BCUT2D eigenvalue weighted by atomic mass is 16.5. The van der Waals surface area contributed by atoms with Gasteiger partial charge in [0, 0.05) is 13.0 Å². The molecule has 2 heterocycles. The van der Waals surface area contributed by atoms with Crippen molar-refractivity contribution in [2.24, 2.45) is 29.6 Å². The van der Waals surface area contributed by atoms with E-state index >= 15 is 0 Å². The molecule has 0 N–H and O–H groups in total. The molecule has 8 heteroatoms. The summed E-state index contributed by atoms with van der Waals surface area (Å²) in [5.41, 5.74) is 1.13. The largest absolute Gasteiger partial charge is 0.495 e. The van der Waals surface area contributed by atoms with Crippen molar-refractivity contribution in [2.75, 3.05) is 23.5 Å². The molecule has 2 saturated carbocycles. The molecule has 0 unspecified atom stereocenters. The van der Waals surface area contributed by atoms with Gasteiger partial charge in [-0.15, -0.1) is 0 Å². The molecule has 8 nitrogen and oxygen atoms in total. The fourth-order valence-corrected chi connectivity index (χ4v) is 6.48. The van der Waals surface area contributed by atoms with Gasteiger partial charge in [0.15, 0.2) is 0 Å². The lowest BCUT2D eigenvalue weighted by Gasteiger charge is -2.19. The van der Waals surface area contributed by atoms with Crippen molar-refractivity contribution in [2.45, 2.75) is 25.7 Å². The number of benzene rings is 2. The number of methoxy groups -OCH3 is 1. The topological polar surface area (TPSA) is 93.2 Å². The number of carbonyl (C=O) groups is 4. The highest BCUT2D eigenvalue weighted by molar-refractivity contribution is 6.22. The van der Waals surface area contributed by atoms with E-state index in [-0.39, 0.29) is 42.5 Å². The molecule has 2 aromatic carbocycles. The van der Waals surface area contributed by atoms with Crippen LogP contribution in [0, 0.1) is 29.6 Å². The third-order valence-corrected chi connectivity index (χ3v) is 8.08. The van der Waals surface area contributed by atoms with Crippen molar-refractivity contribution >= 4 is 35.1 Å². The van der Waals surface area contributed by atoms with Gasteiger partial charge < -0.3 is 14.4 Å². The third-order valence-electron chi connectivity index (χ3n) is 8.08. The maximum Gasteiger partial charge on any atom is 0.316 e. The second kappa shape index (κ2) is 8.22. The van der Waals surface area contributed by atoms with Gasteiger partial charge in [-0.25, -0.2) is 0 Å². The van der Waals surface area contributed by atoms with Crippen molar-refractivity contribution in [3.05, 3.63) is 48.5 Å². The number of esters is 1. The first-order valence-electron chi connectivity index (χ1n) is 12.1. The first-order chi connectivity index (χ1) is 17.0. The van der Waals surface area contributed by atoms with Crippen LogP contribution in [-0.2, 0) is 19.2 Å². The standard InChI is InChI=1S/C27H26N2O6/c1-34-21-5-3-2-4-20(21)28-14-17(13-22(28)30)27(33)35-19-10-8-18(9-11-19)29-25(31)23-15-6-7-16(12-15)24(23)26(29)32/h2-5,8-11,15-17,23-24H,6-7,12-14H2,1H3/t15-,16-,17+,23-,24+/m0/s1. The van der Waals surface area contributed by atoms with Gasteiger partial charge in [-0.1, -0.05) is 12.1 Å². The van der Waals surface area contributed by atoms with E-state index in [2.05, 4.69) is 0 Å². The normalized spacial score (nSPS) is 29.2. The number of nitrogens with zero attached hydrogens (tertiary/aromatic N) is 2. The number of ether oxygens (including phenoxy) is 2. The van der Waals surface area contributed by atoms with Crippen molar-refractivity contribution in [1.29, 1.82) is 0 Å². The lowest BCUT2D eigenvalue weighted by Crippen LogP contribution is -2.32. The van der Waals surface area contributed by atoms with Crippen molar-refractivity contribution in [1.82, 2.24) is 0 Å². The Morgan fingerprint density at radius 1 is 0.914 bits per heavy atom. The number of fused-ring (bicyclic) bond motifs is 5. The molecule has 35 heavy (non-hydrogen) atoms. The molecule has 5 atom stereocenters. The van der Waals surface area contributed by atoms with E-state index in [0.717, 1.165) is 19.3 Å². The maximum atomic E-state index is 13.0. The molecule has 4 aliphatic rings. The Balaban J connectivity index is 1.13. The lowest BCUT2D eigenvalue weighted by molar-refractivity contribution is -0.139. The van der Waals surface area contributed by atoms with E-state index in [1.165, 1.54) is 12.0 Å². The molecule has 0 aromatic heterocycles. The zero-order valence-corrected chi connectivity index (χ0v) is 19.4. The summed E-state index contributed by atoms with van der Waals surface area (Å²) in [6.45, 7) is 0.206. The number of anilines is 2. The molecule has 0 spiro atoms. The Bertz CT molecular complexity index is 1200. The number of para-hydroxylation sites is 2. The molecule has 2 aliphatic carbocycles. The van der Waals surface area contributed by atoms with Crippen molar-refractivity contribution in [3.63, 3.8) is 0 Å². The van der Waals surface area contributed by atoms with Gasteiger partial charge in [0.2, 0.25) is 17.7 Å². The summed E-state index contributed by atoms with van der Waals surface area (Å²) in [7, 11) is 1.54. The zero-order chi connectivity index (χ0) is 24.3. The minimum absolute atomic E-state index is 0.0524. The number of imide groups is 1. The molecular formula is C27H26N2O6. The molecule has 6 rings (SSSR count). The monoisotopic (exact) mass is 474 g/mol. The first-order valence-corrected chi connectivity index (χ1v) is 12.1.